The second-order valence-corrected chi connectivity index (χ2v) is 8.23. The number of hydrogen-bond donors (Lipinski definition) is 0. The number of carbonyl (C=O) groups excluding carboxylic acids is 5. The first-order valence-electron chi connectivity index (χ1n) is 11.9. The number of carbonyl (C=O) groups is 5. The summed E-state index contributed by atoms with van der Waals surface area (Å²) in [5, 5.41) is 11.5. The van der Waals surface area contributed by atoms with E-state index in [9.17, 15) is 34.1 Å². The van der Waals surface area contributed by atoms with E-state index in [2.05, 4.69) is 0 Å². The number of para-hydroxylation sites is 1. The number of hydrogen-bond acceptors (Lipinski definition) is 14. The monoisotopic (exact) mass is 567 g/mol. The standard InChI is InChI=1S/C25H29NO14/c1-6-34-24(31)19(11-17-9-7-8-10-18(17)26(32)33)39-25-23(38-16(5)30)22(37-15(4)29)21(36-14(3)28)20(40-25)12-35-13(2)27/h7-11,20-23,25H,6,12H2,1-5H3/b19-11-/t20-,21+,22+,23-,25-/m0/s1. The normalized spacial score (nSPS) is 22.3. The zero-order chi connectivity index (χ0) is 30.0. The molecule has 0 aromatic heterocycles. The van der Waals surface area contributed by atoms with Crippen LogP contribution in [0.1, 0.15) is 40.2 Å². The minimum atomic E-state index is -1.75. The number of nitro benzene ring substituents is 1. The third-order valence-corrected chi connectivity index (χ3v) is 5.09. The van der Waals surface area contributed by atoms with Gasteiger partial charge in [-0.2, -0.15) is 0 Å². The van der Waals surface area contributed by atoms with E-state index >= 15 is 0 Å². The molecule has 0 radical (unpaired) electrons. The van der Waals surface area contributed by atoms with Gasteiger partial charge in [0.25, 0.3) is 5.69 Å². The van der Waals surface area contributed by atoms with Gasteiger partial charge in [-0.1, -0.05) is 12.1 Å². The smallest absolute Gasteiger partial charge is 0.373 e. The lowest BCUT2D eigenvalue weighted by molar-refractivity contribution is -0.385. The number of benzene rings is 1. The molecule has 1 heterocycles. The lowest BCUT2D eigenvalue weighted by Gasteiger charge is -2.43. The van der Waals surface area contributed by atoms with E-state index in [0.717, 1.165) is 33.8 Å². The summed E-state index contributed by atoms with van der Waals surface area (Å²) in [5.74, 6) is -4.97. The molecule has 40 heavy (non-hydrogen) atoms. The fourth-order valence-electron chi connectivity index (χ4n) is 3.67. The SMILES string of the molecule is CCOC(=O)/C(=C/c1ccccc1[N+](=O)[O-])O[C@H]1O[C@@H](COC(C)=O)[C@@H](OC(C)=O)[C@@H](OC(C)=O)[C@@H]1OC(C)=O. The Kier molecular flexibility index (Phi) is 11.5. The van der Waals surface area contributed by atoms with Crippen molar-refractivity contribution >= 4 is 41.6 Å². The molecule has 15 nitrogen and oxygen atoms in total. The Morgan fingerprint density at radius 1 is 0.850 bits per heavy atom. The fraction of sp³-hybridized carbons (Fsp3) is 0.480. The minimum Gasteiger partial charge on any atom is -0.463 e. The van der Waals surface area contributed by atoms with E-state index in [1.165, 1.54) is 31.2 Å². The number of ether oxygens (including phenoxy) is 7. The van der Waals surface area contributed by atoms with Gasteiger partial charge in [-0.3, -0.25) is 29.3 Å². The summed E-state index contributed by atoms with van der Waals surface area (Å²) in [6.45, 7) is 5.12. The molecular weight excluding hydrogens is 538 g/mol. The Morgan fingerprint density at radius 3 is 1.98 bits per heavy atom. The second kappa shape index (κ2) is 14.6. The highest BCUT2D eigenvalue weighted by atomic mass is 16.7. The first kappa shape index (κ1) is 31.7. The van der Waals surface area contributed by atoms with Crippen molar-refractivity contribution in [2.75, 3.05) is 13.2 Å². The van der Waals surface area contributed by atoms with Crippen LogP contribution in [0.5, 0.6) is 0 Å². The van der Waals surface area contributed by atoms with E-state index in [1.54, 1.807) is 0 Å². The van der Waals surface area contributed by atoms with Gasteiger partial charge in [0.15, 0.2) is 12.2 Å². The van der Waals surface area contributed by atoms with Crippen LogP contribution in [0, 0.1) is 10.1 Å². The largest absolute Gasteiger partial charge is 0.463 e. The highest BCUT2D eigenvalue weighted by Gasteiger charge is 2.53. The van der Waals surface area contributed by atoms with Gasteiger partial charge < -0.3 is 33.2 Å². The molecule has 1 aromatic rings. The molecule has 218 valence electrons. The lowest BCUT2D eigenvalue weighted by atomic mass is 9.98. The lowest BCUT2D eigenvalue weighted by Crippen LogP contribution is -2.63. The Balaban J connectivity index is 2.64. The second-order valence-electron chi connectivity index (χ2n) is 8.23. The van der Waals surface area contributed by atoms with Crippen LogP contribution in [0.3, 0.4) is 0 Å². The fourth-order valence-corrected chi connectivity index (χ4v) is 3.67. The van der Waals surface area contributed by atoms with E-state index < -0.39 is 77.8 Å². The van der Waals surface area contributed by atoms with Crippen LogP contribution in [0.4, 0.5) is 5.69 Å². The molecular formula is C25H29NO14. The van der Waals surface area contributed by atoms with Gasteiger partial charge in [-0.05, 0) is 13.0 Å². The third kappa shape index (κ3) is 9.04. The molecule has 1 aliphatic heterocycles. The maximum atomic E-state index is 12.8. The van der Waals surface area contributed by atoms with Gasteiger partial charge >= 0.3 is 29.8 Å². The Bertz CT molecular complexity index is 1160. The van der Waals surface area contributed by atoms with Crippen molar-refractivity contribution in [3.05, 3.63) is 45.7 Å². The molecule has 5 atom stereocenters. The molecule has 2 rings (SSSR count). The van der Waals surface area contributed by atoms with Crippen molar-refractivity contribution in [1.29, 1.82) is 0 Å². The van der Waals surface area contributed by atoms with Gasteiger partial charge in [0.05, 0.1) is 17.1 Å². The van der Waals surface area contributed by atoms with Crippen molar-refractivity contribution in [3.63, 3.8) is 0 Å². The quantitative estimate of drug-likeness (QED) is 0.0934. The molecule has 0 saturated carbocycles. The molecule has 0 N–H and O–H groups in total. The van der Waals surface area contributed by atoms with Crippen LogP contribution < -0.4 is 0 Å². The van der Waals surface area contributed by atoms with Crippen LogP contribution >= 0.6 is 0 Å². The van der Waals surface area contributed by atoms with Crippen LogP contribution in [0.25, 0.3) is 6.08 Å². The Labute approximate surface area is 228 Å². The maximum Gasteiger partial charge on any atom is 0.373 e. The summed E-state index contributed by atoms with van der Waals surface area (Å²) in [5.41, 5.74) is -0.407. The molecule has 15 heteroatoms. The molecule has 1 aromatic carbocycles. The zero-order valence-electron chi connectivity index (χ0n) is 22.4. The average Bonchev–Trinajstić information content (AvgIpc) is 2.85. The highest BCUT2D eigenvalue weighted by Crippen LogP contribution is 2.32. The molecule has 0 amide bonds. The first-order chi connectivity index (χ1) is 18.8. The Morgan fingerprint density at radius 2 is 1.43 bits per heavy atom. The topological polar surface area (TPSA) is 193 Å². The van der Waals surface area contributed by atoms with Crippen molar-refractivity contribution in [2.45, 2.75) is 65.3 Å². The summed E-state index contributed by atoms with van der Waals surface area (Å²) >= 11 is 0. The van der Waals surface area contributed by atoms with E-state index in [4.69, 9.17) is 33.2 Å². The summed E-state index contributed by atoms with van der Waals surface area (Å²) in [6.07, 6.45) is -6.72. The van der Waals surface area contributed by atoms with Crippen molar-refractivity contribution in [1.82, 2.24) is 0 Å². The van der Waals surface area contributed by atoms with E-state index in [-0.39, 0.29) is 17.9 Å². The molecule has 1 fully saturated rings. The molecule has 1 saturated heterocycles. The van der Waals surface area contributed by atoms with Crippen molar-refractivity contribution < 1.29 is 62.1 Å². The van der Waals surface area contributed by atoms with E-state index in [1.807, 2.05) is 0 Å². The first-order valence-corrected chi connectivity index (χ1v) is 11.9. The maximum absolute atomic E-state index is 12.8. The third-order valence-electron chi connectivity index (χ3n) is 5.09. The van der Waals surface area contributed by atoms with Gasteiger partial charge in [-0.15, -0.1) is 0 Å². The predicted octanol–water partition coefficient (Wildman–Crippen LogP) is 1.60. The molecule has 1 aliphatic rings. The summed E-state index contributed by atoms with van der Waals surface area (Å²) < 4.78 is 37.5. The molecule has 0 bridgehead atoms. The number of nitro groups is 1. The Hall–Kier alpha value is -4.53. The summed E-state index contributed by atoms with van der Waals surface area (Å²) in [6, 6.07) is 5.44. The number of nitrogens with zero attached hydrogens (tertiary/aromatic N) is 1. The van der Waals surface area contributed by atoms with Crippen LogP contribution in [-0.4, -0.2) is 78.7 Å². The van der Waals surface area contributed by atoms with Crippen LogP contribution in [-0.2, 0) is 57.1 Å². The minimum absolute atomic E-state index is 0.0406. The average molecular weight is 568 g/mol. The zero-order valence-corrected chi connectivity index (χ0v) is 22.4. The van der Waals surface area contributed by atoms with E-state index in [0.29, 0.717) is 0 Å². The van der Waals surface area contributed by atoms with Gasteiger partial charge in [0.1, 0.15) is 12.7 Å². The van der Waals surface area contributed by atoms with Crippen molar-refractivity contribution in [3.8, 4) is 0 Å². The molecule has 0 aliphatic carbocycles. The molecule has 0 unspecified atom stereocenters. The van der Waals surface area contributed by atoms with Gasteiger partial charge in [0.2, 0.25) is 18.2 Å². The highest BCUT2D eigenvalue weighted by molar-refractivity contribution is 5.92. The number of esters is 5. The predicted molar refractivity (Wildman–Crippen MR) is 131 cm³/mol. The summed E-state index contributed by atoms with van der Waals surface area (Å²) in [7, 11) is 0. The van der Waals surface area contributed by atoms with Gasteiger partial charge in [0, 0.05) is 39.8 Å². The number of rotatable bonds is 11. The summed E-state index contributed by atoms with van der Waals surface area (Å²) in [4.78, 5) is 71.0. The van der Waals surface area contributed by atoms with Crippen LogP contribution in [0.2, 0.25) is 0 Å². The van der Waals surface area contributed by atoms with Crippen LogP contribution in [0.15, 0.2) is 30.0 Å². The molecule has 0 spiro atoms. The van der Waals surface area contributed by atoms with Crippen molar-refractivity contribution in [2.24, 2.45) is 0 Å². The van der Waals surface area contributed by atoms with Gasteiger partial charge in [-0.25, -0.2) is 4.79 Å².